The molecule has 0 fully saturated rings. The van der Waals surface area contributed by atoms with E-state index >= 15 is 0 Å². The van der Waals surface area contributed by atoms with Crippen LogP contribution < -0.4 is 0 Å². The molecule has 1 rings (SSSR count). The van der Waals surface area contributed by atoms with E-state index in [-0.39, 0.29) is 0 Å². The Balaban J connectivity index is 3.14. The van der Waals surface area contributed by atoms with Crippen LogP contribution in [0.5, 0.6) is 0 Å². The number of hydrogen-bond donors (Lipinski definition) is 0. The molecule has 0 saturated heterocycles. The van der Waals surface area contributed by atoms with Crippen LogP contribution in [0.25, 0.3) is 0 Å². The molecule has 1 aromatic rings. The highest BCUT2D eigenvalue weighted by atomic mass is 19.3. The summed E-state index contributed by atoms with van der Waals surface area (Å²) in [5.74, 6) is -4.38. The van der Waals surface area contributed by atoms with E-state index in [0.29, 0.717) is 6.07 Å². The van der Waals surface area contributed by atoms with Crippen molar-refractivity contribution in [2.75, 3.05) is 0 Å². The van der Waals surface area contributed by atoms with Gasteiger partial charge in [0, 0.05) is 5.56 Å². The highest BCUT2D eigenvalue weighted by Gasteiger charge is 2.31. The van der Waals surface area contributed by atoms with Gasteiger partial charge in [0.1, 0.15) is 11.9 Å². The molecule has 62 valence electrons. The minimum Gasteiger partial charge on any atom is -0.207 e. The van der Waals surface area contributed by atoms with Crippen LogP contribution in [0.2, 0.25) is 0 Å². The van der Waals surface area contributed by atoms with Gasteiger partial charge < -0.3 is 0 Å². The number of benzene rings is 1. The van der Waals surface area contributed by atoms with Crippen LogP contribution in [-0.2, 0) is 5.92 Å². The van der Waals surface area contributed by atoms with E-state index in [0.717, 1.165) is 24.3 Å². The van der Waals surface area contributed by atoms with Crippen LogP contribution in [0, 0.1) is 17.1 Å². The maximum Gasteiger partial charge on any atom is 0.357 e. The molecule has 0 bridgehead atoms. The lowest BCUT2D eigenvalue weighted by Gasteiger charge is -2.06. The van der Waals surface area contributed by atoms with Crippen LogP contribution in [0.3, 0.4) is 0 Å². The molecule has 0 unspecified atom stereocenters. The van der Waals surface area contributed by atoms with Crippen molar-refractivity contribution in [2.45, 2.75) is 5.92 Å². The van der Waals surface area contributed by atoms with Gasteiger partial charge in [-0.15, -0.1) is 0 Å². The van der Waals surface area contributed by atoms with Crippen molar-refractivity contribution in [3.8, 4) is 6.07 Å². The van der Waals surface area contributed by atoms with Gasteiger partial charge in [-0.25, -0.2) is 4.39 Å². The third kappa shape index (κ3) is 1.56. The molecule has 0 N–H and O–H groups in total. The summed E-state index contributed by atoms with van der Waals surface area (Å²) >= 11 is 0. The van der Waals surface area contributed by atoms with Gasteiger partial charge in [0.25, 0.3) is 0 Å². The Hall–Kier alpha value is -1.50. The molecular formula is C8H4F3N. The van der Waals surface area contributed by atoms with Gasteiger partial charge in [0.05, 0.1) is 0 Å². The Morgan fingerprint density at radius 3 is 2.50 bits per heavy atom. The second-order valence-electron chi connectivity index (χ2n) is 2.20. The number of nitrogens with zero attached hydrogens (tertiary/aromatic N) is 1. The van der Waals surface area contributed by atoms with E-state index in [4.69, 9.17) is 5.26 Å². The maximum atomic E-state index is 12.5. The van der Waals surface area contributed by atoms with Crippen LogP contribution in [0.15, 0.2) is 24.3 Å². The third-order valence-electron chi connectivity index (χ3n) is 1.33. The first-order valence-corrected chi connectivity index (χ1v) is 3.11. The summed E-state index contributed by atoms with van der Waals surface area (Å²) in [4.78, 5) is 0. The molecule has 0 aliphatic carbocycles. The van der Waals surface area contributed by atoms with Crippen LogP contribution in [-0.4, -0.2) is 0 Å². The molecule has 0 radical (unpaired) electrons. The lowest BCUT2D eigenvalue weighted by Crippen LogP contribution is -2.09. The van der Waals surface area contributed by atoms with E-state index in [2.05, 4.69) is 0 Å². The van der Waals surface area contributed by atoms with Crippen LogP contribution >= 0.6 is 0 Å². The van der Waals surface area contributed by atoms with Crippen molar-refractivity contribution in [2.24, 2.45) is 0 Å². The fourth-order valence-corrected chi connectivity index (χ4v) is 0.748. The van der Waals surface area contributed by atoms with Gasteiger partial charge in [-0.05, 0) is 12.1 Å². The zero-order valence-corrected chi connectivity index (χ0v) is 5.89. The second kappa shape index (κ2) is 2.86. The first-order valence-electron chi connectivity index (χ1n) is 3.11. The number of rotatable bonds is 1. The first kappa shape index (κ1) is 8.60. The summed E-state index contributed by atoms with van der Waals surface area (Å²) in [7, 11) is 0. The van der Waals surface area contributed by atoms with Crippen molar-refractivity contribution in [3.05, 3.63) is 35.6 Å². The molecule has 0 aliphatic rings. The number of halogens is 3. The minimum absolute atomic E-state index is 0.620. The smallest absolute Gasteiger partial charge is 0.207 e. The summed E-state index contributed by atoms with van der Waals surface area (Å²) in [6.45, 7) is 0. The zero-order chi connectivity index (χ0) is 9.19. The van der Waals surface area contributed by atoms with Crippen molar-refractivity contribution >= 4 is 0 Å². The molecule has 12 heavy (non-hydrogen) atoms. The maximum absolute atomic E-state index is 12.5. The quantitative estimate of drug-likeness (QED) is 0.636. The average Bonchev–Trinajstić information content (AvgIpc) is 2.05. The standard InChI is InChI=1S/C8H4F3N/c9-7-3-1-2-6(4-7)8(10,11)5-12/h1-4H. The van der Waals surface area contributed by atoms with Crippen molar-refractivity contribution in [1.29, 1.82) is 5.26 Å². The largest absolute Gasteiger partial charge is 0.357 e. The molecule has 0 heterocycles. The Labute approximate surface area is 67.1 Å². The fraction of sp³-hybridized carbons (Fsp3) is 0.125. The molecule has 0 aliphatic heterocycles. The normalized spacial score (nSPS) is 10.8. The van der Waals surface area contributed by atoms with E-state index in [1.54, 1.807) is 0 Å². The van der Waals surface area contributed by atoms with Gasteiger partial charge in [-0.3, -0.25) is 0 Å². The third-order valence-corrected chi connectivity index (χ3v) is 1.33. The Morgan fingerprint density at radius 1 is 1.33 bits per heavy atom. The summed E-state index contributed by atoms with van der Waals surface area (Å²) in [5, 5.41) is 8.02. The van der Waals surface area contributed by atoms with Crippen LogP contribution in [0.4, 0.5) is 13.2 Å². The predicted molar refractivity (Wildman–Crippen MR) is 35.9 cm³/mol. The Bertz CT molecular complexity index is 327. The minimum atomic E-state index is -3.61. The van der Waals surface area contributed by atoms with Crippen molar-refractivity contribution < 1.29 is 13.2 Å². The molecule has 0 spiro atoms. The fourth-order valence-electron chi connectivity index (χ4n) is 0.748. The molecule has 0 amide bonds. The number of nitriles is 1. The molecule has 4 heteroatoms. The predicted octanol–water partition coefficient (Wildman–Crippen LogP) is 2.44. The van der Waals surface area contributed by atoms with Crippen molar-refractivity contribution in [1.82, 2.24) is 0 Å². The van der Waals surface area contributed by atoms with Crippen LogP contribution in [0.1, 0.15) is 5.56 Å². The number of hydrogen-bond acceptors (Lipinski definition) is 1. The zero-order valence-electron chi connectivity index (χ0n) is 5.89. The number of alkyl halides is 2. The van der Waals surface area contributed by atoms with Gasteiger partial charge in [-0.2, -0.15) is 14.0 Å². The summed E-state index contributed by atoms with van der Waals surface area (Å²) < 4.78 is 37.5. The van der Waals surface area contributed by atoms with E-state index in [1.165, 1.54) is 0 Å². The lowest BCUT2D eigenvalue weighted by atomic mass is 10.1. The molecule has 1 aromatic carbocycles. The summed E-state index contributed by atoms with van der Waals surface area (Å²) in [6.07, 6.45) is 0. The van der Waals surface area contributed by atoms with Gasteiger partial charge in [0.15, 0.2) is 0 Å². The SMILES string of the molecule is N#CC(F)(F)c1cccc(F)c1. The monoisotopic (exact) mass is 171 g/mol. The van der Waals surface area contributed by atoms with E-state index < -0.39 is 17.3 Å². The molecular weight excluding hydrogens is 167 g/mol. The topological polar surface area (TPSA) is 23.8 Å². The molecule has 0 saturated carbocycles. The molecule has 0 atom stereocenters. The van der Waals surface area contributed by atoms with Gasteiger partial charge in [0.2, 0.25) is 0 Å². The summed E-state index contributed by atoms with van der Waals surface area (Å²) in [5.41, 5.74) is -0.620. The average molecular weight is 171 g/mol. The Kier molecular flexibility index (Phi) is 2.05. The van der Waals surface area contributed by atoms with Gasteiger partial charge >= 0.3 is 5.92 Å². The summed E-state index contributed by atoms with van der Waals surface area (Å²) in [6, 6.07) is 4.61. The second-order valence-corrected chi connectivity index (χ2v) is 2.20. The van der Waals surface area contributed by atoms with E-state index in [9.17, 15) is 13.2 Å². The van der Waals surface area contributed by atoms with Crippen molar-refractivity contribution in [3.63, 3.8) is 0 Å². The highest BCUT2D eigenvalue weighted by molar-refractivity contribution is 5.25. The highest BCUT2D eigenvalue weighted by Crippen LogP contribution is 2.26. The van der Waals surface area contributed by atoms with E-state index in [1.807, 2.05) is 0 Å². The first-order chi connectivity index (χ1) is 5.56. The van der Waals surface area contributed by atoms with Gasteiger partial charge in [-0.1, -0.05) is 12.1 Å². The molecule has 0 aromatic heterocycles. The molecule has 1 nitrogen and oxygen atoms in total. The lowest BCUT2D eigenvalue weighted by molar-refractivity contribution is 0.0609. The Morgan fingerprint density at radius 2 is 2.00 bits per heavy atom.